The molecule has 4 rings (SSSR count). The van der Waals surface area contributed by atoms with E-state index in [4.69, 9.17) is 0 Å². The molecule has 1 atom stereocenters. The van der Waals surface area contributed by atoms with Crippen LogP contribution in [-0.4, -0.2) is 57.7 Å². The minimum atomic E-state index is -0.989. The van der Waals surface area contributed by atoms with Gasteiger partial charge in [0.2, 0.25) is 5.91 Å². The van der Waals surface area contributed by atoms with E-state index in [1.54, 1.807) is 24.3 Å². The first-order valence-corrected chi connectivity index (χ1v) is 9.39. The summed E-state index contributed by atoms with van der Waals surface area (Å²) in [6.45, 7) is 0.562. The normalized spacial score (nSPS) is 18.8. The molecule has 0 aromatic heterocycles. The average Bonchev–Trinajstić information content (AvgIpc) is 3.19. The Hall–Kier alpha value is -3.22. The second-order valence-corrected chi connectivity index (χ2v) is 7.16. The number of amides is 3. The van der Waals surface area contributed by atoms with E-state index in [-0.39, 0.29) is 30.7 Å². The quantitative estimate of drug-likeness (QED) is 0.803. The molecule has 1 saturated heterocycles. The number of hydrogen-bond donors (Lipinski definition) is 1. The predicted molar refractivity (Wildman–Crippen MR) is 101 cm³/mol. The lowest BCUT2D eigenvalue weighted by atomic mass is 9.94. The number of carbonyl (C=O) groups is 4. The Balaban J connectivity index is 1.46. The minimum Gasteiger partial charge on any atom is -0.480 e. The third-order valence-corrected chi connectivity index (χ3v) is 5.49. The second-order valence-electron chi connectivity index (χ2n) is 7.16. The van der Waals surface area contributed by atoms with E-state index in [9.17, 15) is 24.3 Å². The highest BCUT2D eigenvalue weighted by Gasteiger charge is 2.35. The van der Waals surface area contributed by atoms with Crippen LogP contribution in [0.25, 0.3) is 10.8 Å². The van der Waals surface area contributed by atoms with Gasteiger partial charge in [0.1, 0.15) is 6.04 Å². The van der Waals surface area contributed by atoms with Gasteiger partial charge in [-0.1, -0.05) is 24.3 Å². The molecule has 2 aromatic rings. The van der Waals surface area contributed by atoms with Crippen molar-refractivity contribution in [2.75, 3.05) is 13.1 Å². The SMILES string of the molecule is O=C(O)[C@H]1CCCN1C(=O)CCCN1C(=O)c2cccc3cccc(c23)C1=O. The Morgan fingerprint density at radius 1 is 1.04 bits per heavy atom. The molecular weight excluding hydrogens is 360 g/mol. The standard InChI is InChI=1S/C21H20N2O5/c24-17(22-11-3-9-16(22)21(27)28)10-4-12-23-19(25)14-7-1-5-13-6-2-8-15(18(13)14)20(23)26/h1-2,5-8,16H,3-4,9-12H2,(H,27,28)/t16-/m1/s1. The summed E-state index contributed by atoms with van der Waals surface area (Å²) in [4.78, 5) is 51.8. The van der Waals surface area contributed by atoms with Gasteiger partial charge in [-0.05, 0) is 36.8 Å². The topological polar surface area (TPSA) is 95.0 Å². The Bertz CT molecular complexity index is 949. The Morgan fingerprint density at radius 2 is 1.68 bits per heavy atom. The first-order chi connectivity index (χ1) is 13.5. The number of carboxylic acids is 1. The fraction of sp³-hybridized carbons (Fsp3) is 0.333. The summed E-state index contributed by atoms with van der Waals surface area (Å²) in [7, 11) is 0. The molecule has 3 amide bonds. The zero-order chi connectivity index (χ0) is 19.8. The minimum absolute atomic E-state index is 0.104. The summed E-state index contributed by atoms with van der Waals surface area (Å²) in [6.07, 6.45) is 1.54. The van der Waals surface area contributed by atoms with Crippen molar-refractivity contribution in [3.8, 4) is 0 Å². The highest BCUT2D eigenvalue weighted by atomic mass is 16.4. The van der Waals surface area contributed by atoms with Crippen molar-refractivity contribution in [2.24, 2.45) is 0 Å². The van der Waals surface area contributed by atoms with E-state index < -0.39 is 12.0 Å². The first kappa shape index (κ1) is 18.2. The summed E-state index contributed by atoms with van der Waals surface area (Å²) in [5, 5.41) is 10.7. The van der Waals surface area contributed by atoms with Gasteiger partial charge in [0.15, 0.2) is 0 Å². The molecular formula is C21H20N2O5. The van der Waals surface area contributed by atoms with Gasteiger partial charge < -0.3 is 10.0 Å². The van der Waals surface area contributed by atoms with E-state index >= 15 is 0 Å². The van der Waals surface area contributed by atoms with Crippen LogP contribution in [0.15, 0.2) is 36.4 Å². The Kier molecular flexibility index (Phi) is 4.58. The van der Waals surface area contributed by atoms with Crippen LogP contribution in [-0.2, 0) is 9.59 Å². The summed E-state index contributed by atoms with van der Waals surface area (Å²) in [5.74, 6) is -1.95. The molecule has 2 heterocycles. The van der Waals surface area contributed by atoms with Crippen molar-refractivity contribution in [3.63, 3.8) is 0 Å². The highest BCUT2D eigenvalue weighted by molar-refractivity contribution is 6.25. The number of carboxylic acid groups (broad SMARTS) is 1. The molecule has 0 unspecified atom stereocenters. The van der Waals surface area contributed by atoms with Gasteiger partial charge in [0, 0.05) is 36.0 Å². The Labute approximate surface area is 161 Å². The monoisotopic (exact) mass is 380 g/mol. The summed E-state index contributed by atoms with van der Waals surface area (Å²) in [5.41, 5.74) is 0.981. The van der Waals surface area contributed by atoms with Crippen LogP contribution in [0.3, 0.4) is 0 Å². The lowest BCUT2D eigenvalue weighted by molar-refractivity contribution is -0.148. The molecule has 7 heteroatoms. The molecule has 2 aromatic carbocycles. The Morgan fingerprint density at radius 3 is 2.29 bits per heavy atom. The highest BCUT2D eigenvalue weighted by Crippen LogP contribution is 2.30. The van der Waals surface area contributed by atoms with Crippen molar-refractivity contribution in [2.45, 2.75) is 31.7 Å². The maximum atomic E-state index is 12.8. The predicted octanol–water partition coefficient (Wildman–Crippen LogP) is 2.29. The number of carbonyl (C=O) groups excluding carboxylic acids is 3. The molecule has 1 fully saturated rings. The van der Waals surface area contributed by atoms with E-state index in [2.05, 4.69) is 0 Å². The maximum Gasteiger partial charge on any atom is 0.326 e. The van der Waals surface area contributed by atoms with Crippen LogP contribution in [0.1, 0.15) is 46.4 Å². The maximum absolute atomic E-state index is 12.8. The van der Waals surface area contributed by atoms with Gasteiger partial charge in [-0.15, -0.1) is 0 Å². The van der Waals surface area contributed by atoms with Gasteiger partial charge in [-0.25, -0.2) is 4.79 Å². The van der Waals surface area contributed by atoms with Crippen LogP contribution in [0, 0.1) is 0 Å². The van der Waals surface area contributed by atoms with Crippen molar-refractivity contribution in [1.82, 2.24) is 9.80 Å². The molecule has 2 aliphatic heterocycles. The molecule has 0 aliphatic carbocycles. The first-order valence-electron chi connectivity index (χ1n) is 9.39. The van der Waals surface area contributed by atoms with Crippen molar-refractivity contribution >= 4 is 34.5 Å². The molecule has 7 nitrogen and oxygen atoms in total. The largest absolute Gasteiger partial charge is 0.480 e. The third-order valence-electron chi connectivity index (χ3n) is 5.49. The number of likely N-dealkylation sites (tertiary alicyclic amines) is 1. The fourth-order valence-corrected chi connectivity index (χ4v) is 4.14. The number of hydrogen-bond acceptors (Lipinski definition) is 4. The van der Waals surface area contributed by atoms with Crippen molar-refractivity contribution < 1.29 is 24.3 Å². The van der Waals surface area contributed by atoms with Gasteiger partial charge in [-0.3, -0.25) is 19.3 Å². The van der Waals surface area contributed by atoms with Gasteiger partial charge in [0.05, 0.1) is 0 Å². The summed E-state index contributed by atoms with van der Waals surface area (Å²) in [6, 6.07) is 9.96. The second kappa shape index (κ2) is 7.07. The van der Waals surface area contributed by atoms with Crippen LogP contribution in [0.2, 0.25) is 0 Å². The lowest BCUT2D eigenvalue weighted by Crippen LogP contribution is -2.42. The van der Waals surface area contributed by atoms with Crippen LogP contribution < -0.4 is 0 Å². The molecule has 0 radical (unpaired) electrons. The van der Waals surface area contributed by atoms with Crippen LogP contribution in [0.5, 0.6) is 0 Å². The molecule has 0 spiro atoms. The molecule has 2 aliphatic rings. The molecule has 1 N–H and O–H groups in total. The summed E-state index contributed by atoms with van der Waals surface area (Å²) >= 11 is 0. The zero-order valence-electron chi connectivity index (χ0n) is 15.3. The lowest BCUT2D eigenvalue weighted by Gasteiger charge is -2.27. The van der Waals surface area contributed by atoms with E-state index in [0.717, 1.165) is 5.39 Å². The van der Waals surface area contributed by atoms with Gasteiger partial charge in [0.25, 0.3) is 11.8 Å². The number of nitrogens with zero attached hydrogens (tertiary/aromatic N) is 2. The number of benzene rings is 2. The number of imide groups is 1. The smallest absolute Gasteiger partial charge is 0.326 e. The van der Waals surface area contributed by atoms with Crippen LogP contribution >= 0.6 is 0 Å². The molecule has 28 heavy (non-hydrogen) atoms. The third kappa shape index (κ3) is 2.93. The number of rotatable bonds is 5. The van der Waals surface area contributed by atoms with Gasteiger partial charge >= 0.3 is 5.97 Å². The van der Waals surface area contributed by atoms with E-state index in [1.165, 1.54) is 9.80 Å². The van der Waals surface area contributed by atoms with Crippen LogP contribution in [0.4, 0.5) is 0 Å². The van der Waals surface area contributed by atoms with Crippen molar-refractivity contribution in [1.29, 1.82) is 0 Å². The van der Waals surface area contributed by atoms with E-state index in [0.29, 0.717) is 42.3 Å². The molecule has 0 bridgehead atoms. The van der Waals surface area contributed by atoms with E-state index in [1.807, 2.05) is 12.1 Å². The van der Waals surface area contributed by atoms with Gasteiger partial charge in [-0.2, -0.15) is 0 Å². The summed E-state index contributed by atoms with van der Waals surface area (Å²) < 4.78 is 0. The van der Waals surface area contributed by atoms with Crippen molar-refractivity contribution in [3.05, 3.63) is 47.5 Å². The molecule has 0 saturated carbocycles. The fourth-order valence-electron chi connectivity index (χ4n) is 4.14. The average molecular weight is 380 g/mol. The number of aliphatic carboxylic acids is 1. The molecule has 144 valence electrons. The zero-order valence-corrected chi connectivity index (χ0v) is 15.3.